The van der Waals surface area contributed by atoms with Gasteiger partial charge >= 0.3 is 0 Å². The molecule has 1 unspecified atom stereocenters. The fraction of sp³-hybridized carbons (Fsp3) is 0.333. The van der Waals surface area contributed by atoms with Crippen LogP contribution in [0.15, 0.2) is 42.7 Å². The van der Waals surface area contributed by atoms with Crippen LogP contribution in [0.25, 0.3) is 0 Å². The molecule has 1 saturated heterocycles. The van der Waals surface area contributed by atoms with Gasteiger partial charge in [-0.2, -0.15) is 0 Å². The summed E-state index contributed by atoms with van der Waals surface area (Å²) >= 11 is 12.2. The summed E-state index contributed by atoms with van der Waals surface area (Å²) in [6.07, 6.45) is 4.41. The molecule has 1 N–H and O–H groups in total. The maximum absolute atomic E-state index is 12.9. The van der Waals surface area contributed by atoms with Gasteiger partial charge in [-0.05, 0) is 37.1 Å². The van der Waals surface area contributed by atoms with Crippen LogP contribution in [0.5, 0.6) is 0 Å². The Hall–Kier alpha value is -1.67. The van der Waals surface area contributed by atoms with Crippen LogP contribution in [0.2, 0.25) is 10.0 Å². The van der Waals surface area contributed by atoms with Gasteiger partial charge in [-0.15, -0.1) is 0 Å². The monoisotopic (exact) mass is 427 g/mol. The molecule has 0 aliphatic carbocycles. The van der Waals surface area contributed by atoms with E-state index in [9.17, 15) is 13.2 Å². The van der Waals surface area contributed by atoms with Crippen LogP contribution in [-0.2, 0) is 20.6 Å². The van der Waals surface area contributed by atoms with Gasteiger partial charge in [0.2, 0.25) is 15.9 Å². The van der Waals surface area contributed by atoms with E-state index >= 15 is 0 Å². The van der Waals surface area contributed by atoms with Crippen molar-refractivity contribution in [3.8, 4) is 0 Å². The summed E-state index contributed by atoms with van der Waals surface area (Å²) in [7, 11) is -3.65. The van der Waals surface area contributed by atoms with Crippen molar-refractivity contribution in [2.45, 2.75) is 18.6 Å². The van der Waals surface area contributed by atoms with Crippen molar-refractivity contribution >= 4 is 44.8 Å². The summed E-state index contributed by atoms with van der Waals surface area (Å²) in [6, 6.07) is 8.35. The van der Waals surface area contributed by atoms with Crippen LogP contribution in [0.1, 0.15) is 18.4 Å². The fourth-order valence-corrected chi connectivity index (χ4v) is 5.40. The van der Waals surface area contributed by atoms with E-state index in [1.807, 2.05) is 0 Å². The molecule has 0 saturated carbocycles. The highest BCUT2D eigenvalue weighted by Crippen LogP contribution is 2.29. The normalized spacial score (nSPS) is 18.2. The van der Waals surface area contributed by atoms with Crippen molar-refractivity contribution < 1.29 is 13.2 Å². The number of nitrogens with zero attached hydrogens (tertiary/aromatic N) is 2. The molecular formula is C18H19Cl2N3O3S. The molecule has 1 aromatic heterocycles. The van der Waals surface area contributed by atoms with Crippen LogP contribution >= 0.6 is 23.2 Å². The third kappa shape index (κ3) is 4.99. The number of amides is 1. The van der Waals surface area contributed by atoms with Gasteiger partial charge in [0.15, 0.2) is 0 Å². The molecule has 27 heavy (non-hydrogen) atoms. The predicted octanol–water partition coefficient (Wildman–Crippen LogP) is 3.57. The van der Waals surface area contributed by atoms with Crippen molar-refractivity contribution in [2.24, 2.45) is 5.92 Å². The Bertz CT molecular complexity index is 902. The minimum Gasteiger partial charge on any atom is -0.324 e. The molecule has 0 spiro atoms. The van der Waals surface area contributed by atoms with E-state index in [0.29, 0.717) is 40.7 Å². The second-order valence-electron chi connectivity index (χ2n) is 6.38. The summed E-state index contributed by atoms with van der Waals surface area (Å²) in [5, 5.41) is 3.41. The topological polar surface area (TPSA) is 79.4 Å². The van der Waals surface area contributed by atoms with Gasteiger partial charge in [-0.1, -0.05) is 29.3 Å². The van der Waals surface area contributed by atoms with E-state index in [2.05, 4.69) is 10.3 Å². The lowest BCUT2D eigenvalue weighted by Gasteiger charge is -2.31. The maximum atomic E-state index is 12.9. The largest absolute Gasteiger partial charge is 0.324 e. The lowest BCUT2D eigenvalue weighted by Crippen LogP contribution is -2.44. The molecule has 9 heteroatoms. The molecule has 2 aromatic rings. The molecule has 6 nitrogen and oxygen atoms in total. The average molecular weight is 428 g/mol. The van der Waals surface area contributed by atoms with E-state index < -0.39 is 15.9 Å². The summed E-state index contributed by atoms with van der Waals surface area (Å²) in [5.41, 5.74) is 0.966. The van der Waals surface area contributed by atoms with Crippen molar-refractivity contribution in [3.63, 3.8) is 0 Å². The third-order valence-electron chi connectivity index (χ3n) is 4.47. The Morgan fingerprint density at radius 3 is 2.63 bits per heavy atom. The number of pyridine rings is 1. The molecule has 0 bridgehead atoms. The molecule has 1 atom stereocenters. The lowest BCUT2D eigenvalue weighted by molar-refractivity contribution is -0.120. The Kier molecular flexibility index (Phi) is 6.37. The first-order valence-corrected chi connectivity index (χ1v) is 10.8. The minimum absolute atomic E-state index is 0.135. The Balaban J connectivity index is 1.70. The maximum Gasteiger partial charge on any atom is 0.228 e. The molecule has 1 fully saturated rings. The zero-order valence-corrected chi connectivity index (χ0v) is 16.8. The minimum atomic E-state index is -3.65. The first-order valence-electron chi connectivity index (χ1n) is 8.48. The third-order valence-corrected chi connectivity index (χ3v) is 6.95. The number of halogens is 2. The number of anilines is 1. The van der Waals surface area contributed by atoms with Gasteiger partial charge < -0.3 is 5.32 Å². The molecule has 0 radical (unpaired) electrons. The molecule has 1 aromatic carbocycles. The van der Waals surface area contributed by atoms with E-state index in [1.165, 1.54) is 4.31 Å². The van der Waals surface area contributed by atoms with E-state index in [1.54, 1.807) is 42.7 Å². The number of hydrogen-bond donors (Lipinski definition) is 1. The number of rotatable bonds is 5. The molecule has 3 rings (SSSR count). The number of aromatic nitrogens is 1. The van der Waals surface area contributed by atoms with Gasteiger partial charge in [-0.3, -0.25) is 9.78 Å². The molecule has 144 valence electrons. The molecule has 2 heterocycles. The lowest BCUT2D eigenvalue weighted by atomic mass is 9.99. The highest BCUT2D eigenvalue weighted by molar-refractivity contribution is 7.88. The number of benzene rings is 1. The summed E-state index contributed by atoms with van der Waals surface area (Å²) in [5.74, 6) is -0.920. The van der Waals surface area contributed by atoms with Crippen LogP contribution in [0.4, 0.5) is 5.69 Å². The number of piperidine rings is 1. The second kappa shape index (κ2) is 8.56. The Labute approximate surface area is 168 Å². The Morgan fingerprint density at radius 1 is 1.22 bits per heavy atom. The van der Waals surface area contributed by atoms with Crippen molar-refractivity contribution in [2.75, 3.05) is 18.4 Å². The molecule has 1 amide bonds. The number of hydrogen-bond acceptors (Lipinski definition) is 4. The standard InChI is InChI=1S/C18H19Cl2N3O3S/c19-16-6-1-7-17(20)15(16)12-27(25,26)23-9-3-4-13(11-23)18(24)22-14-5-2-8-21-10-14/h1-2,5-8,10,13H,3-4,9,11-12H2,(H,22,24). The zero-order chi connectivity index (χ0) is 19.4. The first-order chi connectivity index (χ1) is 12.9. The van der Waals surface area contributed by atoms with Crippen molar-refractivity contribution in [3.05, 3.63) is 58.3 Å². The average Bonchev–Trinajstić information content (AvgIpc) is 2.66. The highest BCUT2D eigenvalue weighted by Gasteiger charge is 2.33. The fourth-order valence-electron chi connectivity index (χ4n) is 3.03. The van der Waals surface area contributed by atoms with Crippen molar-refractivity contribution in [1.29, 1.82) is 0 Å². The highest BCUT2D eigenvalue weighted by atomic mass is 35.5. The summed E-state index contributed by atoms with van der Waals surface area (Å²) < 4.78 is 27.1. The summed E-state index contributed by atoms with van der Waals surface area (Å²) in [4.78, 5) is 16.5. The van der Waals surface area contributed by atoms with Gasteiger partial charge in [-0.25, -0.2) is 12.7 Å². The van der Waals surface area contributed by atoms with Crippen LogP contribution in [0.3, 0.4) is 0 Å². The molecule has 1 aliphatic rings. The quantitative estimate of drug-likeness (QED) is 0.790. The van der Waals surface area contributed by atoms with Gasteiger partial charge in [0.25, 0.3) is 0 Å². The first kappa shape index (κ1) is 20.1. The number of nitrogens with one attached hydrogen (secondary N) is 1. The molecule has 1 aliphatic heterocycles. The Morgan fingerprint density at radius 2 is 1.96 bits per heavy atom. The van der Waals surface area contributed by atoms with Crippen molar-refractivity contribution in [1.82, 2.24) is 9.29 Å². The number of carbonyl (C=O) groups excluding carboxylic acids is 1. The van der Waals surface area contributed by atoms with Gasteiger partial charge in [0.05, 0.1) is 23.6 Å². The number of sulfonamides is 1. The van der Waals surface area contributed by atoms with E-state index in [0.717, 1.165) is 0 Å². The summed E-state index contributed by atoms with van der Waals surface area (Å²) in [6.45, 7) is 0.511. The molecular weight excluding hydrogens is 409 g/mol. The van der Waals surface area contributed by atoms with Gasteiger partial charge in [0.1, 0.15) is 0 Å². The van der Waals surface area contributed by atoms with Crippen LogP contribution < -0.4 is 5.32 Å². The van der Waals surface area contributed by atoms with Crippen LogP contribution in [0, 0.1) is 5.92 Å². The predicted molar refractivity (Wildman–Crippen MR) is 106 cm³/mol. The smallest absolute Gasteiger partial charge is 0.228 e. The van der Waals surface area contributed by atoms with Gasteiger partial charge in [0, 0.05) is 34.9 Å². The zero-order valence-electron chi connectivity index (χ0n) is 14.4. The van der Waals surface area contributed by atoms with E-state index in [4.69, 9.17) is 23.2 Å². The number of carbonyl (C=O) groups is 1. The van der Waals surface area contributed by atoms with Crippen LogP contribution in [-0.4, -0.2) is 36.7 Å². The van der Waals surface area contributed by atoms with E-state index in [-0.39, 0.29) is 18.2 Å². The second-order valence-corrected chi connectivity index (χ2v) is 9.17. The SMILES string of the molecule is O=C(Nc1cccnc1)C1CCCN(S(=O)(=O)Cc2c(Cl)cccc2Cl)C1.